The molecule has 3 heterocycles. The number of piperazine rings is 1. The number of carbonyl (C=O) groups is 1. The van der Waals surface area contributed by atoms with Gasteiger partial charge < -0.3 is 14.1 Å². The van der Waals surface area contributed by atoms with E-state index in [0.717, 1.165) is 49.4 Å². The Hall–Kier alpha value is -2.31. The minimum atomic E-state index is -0.0205. The number of hydrogen-bond donors (Lipinski definition) is 0. The zero-order chi connectivity index (χ0) is 18.1. The Balaban J connectivity index is 1.46. The fourth-order valence-electron chi connectivity index (χ4n) is 3.43. The Labute approximate surface area is 156 Å². The van der Waals surface area contributed by atoms with E-state index >= 15 is 0 Å². The molecule has 0 saturated carbocycles. The normalized spacial score (nSPS) is 15.5. The SMILES string of the molecule is COc1ccc2c(C)c(C(=O)N3CCN(Cc4ccsc4)CC3)oc2c1. The molecule has 1 amide bonds. The van der Waals surface area contributed by atoms with E-state index in [-0.39, 0.29) is 5.91 Å². The van der Waals surface area contributed by atoms with E-state index in [1.807, 2.05) is 30.0 Å². The largest absolute Gasteiger partial charge is 0.497 e. The molecule has 1 aliphatic heterocycles. The first-order valence-electron chi connectivity index (χ1n) is 8.75. The van der Waals surface area contributed by atoms with Crippen molar-refractivity contribution in [3.8, 4) is 5.75 Å². The van der Waals surface area contributed by atoms with Crippen molar-refractivity contribution < 1.29 is 13.9 Å². The third-order valence-corrected chi connectivity index (χ3v) is 5.72. The van der Waals surface area contributed by atoms with Gasteiger partial charge in [-0.15, -0.1) is 0 Å². The molecule has 1 saturated heterocycles. The molecule has 26 heavy (non-hydrogen) atoms. The fraction of sp³-hybridized carbons (Fsp3) is 0.350. The van der Waals surface area contributed by atoms with Gasteiger partial charge >= 0.3 is 0 Å². The highest BCUT2D eigenvalue weighted by Gasteiger charge is 2.26. The summed E-state index contributed by atoms with van der Waals surface area (Å²) in [6.07, 6.45) is 0. The summed E-state index contributed by atoms with van der Waals surface area (Å²) in [5.41, 5.74) is 2.94. The van der Waals surface area contributed by atoms with Gasteiger partial charge in [0.15, 0.2) is 5.76 Å². The summed E-state index contributed by atoms with van der Waals surface area (Å²) < 4.78 is 11.1. The van der Waals surface area contributed by atoms with Crippen molar-refractivity contribution in [1.82, 2.24) is 9.80 Å². The van der Waals surface area contributed by atoms with Crippen LogP contribution in [0.2, 0.25) is 0 Å². The van der Waals surface area contributed by atoms with Gasteiger partial charge in [-0.3, -0.25) is 9.69 Å². The van der Waals surface area contributed by atoms with Crippen LogP contribution in [0.5, 0.6) is 5.75 Å². The summed E-state index contributed by atoms with van der Waals surface area (Å²) in [5.74, 6) is 1.15. The molecule has 136 valence electrons. The van der Waals surface area contributed by atoms with Crippen LogP contribution in [0.1, 0.15) is 21.7 Å². The summed E-state index contributed by atoms with van der Waals surface area (Å²) in [7, 11) is 1.62. The van der Waals surface area contributed by atoms with E-state index in [9.17, 15) is 4.79 Å². The monoisotopic (exact) mass is 370 g/mol. The van der Waals surface area contributed by atoms with Crippen molar-refractivity contribution in [2.45, 2.75) is 13.5 Å². The van der Waals surface area contributed by atoms with E-state index in [0.29, 0.717) is 11.3 Å². The van der Waals surface area contributed by atoms with Gasteiger partial charge in [0.1, 0.15) is 11.3 Å². The Morgan fingerprint density at radius 1 is 1.23 bits per heavy atom. The number of carbonyl (C=O) groups excluding carboxylic acids is 1. The number of fused-ring (bicyclic) bond motifs is 1. The Kier molecular flexibility index (Phi) is 4.70. The van der Waals surface area contributed by atoms with E-state index in [4.69, 9.17) is 9.15 Å². The molecule has 1 aliphatic rings. The molecule has 0 spiro atoms. The molecular formula is C20H22N2O3S. The maximum atomic E-state index is 13.0. The van der Waals surface area contributed by atoms with Crippen molar-refractivity contribution >= 4 is 28.2 Å². The number of thiophene rings is 1. The number of amides is 1. The van der Waals surface area contributed by atoms with E-state index < -0.39 is 0 Å². The highest BCUT2D eigenvalue weighted by Crippen LogP contribution is 2.29. The van der Waals surface area contributed by atoms with Gasteiger partial charge in [-0.1, -0.05) is 0 Å². The maximum Gasteiger partial charge on any atom is 0.289 e. The Morgan fingerprint density at radius 3 is 2.73 bits per heavy atom. The molecule has 0 atom stereocenters. The topological polar surface area (TPSA) is 45.9 Å². The summed E-state index contributed by atoms with van der Waals surface area (Å²) in [6, 6.07) is 7.83. The third kappa shape index (κ3) is 3.22. The predicted octanol–water partition coefficient (Wildman–Crippen LogP) is 3.77. The Morgan fingerprint density at radius 2 is 2.04 bits per heavy atom. The molecule has 0 N–H and O–H groups in total. The second kappa shape index (κ2) is 7.13. The van der Waals surface area contributed by atoms with Gasteiger partial charge in [0.25, 0.3) is 5.91 Å². The predicted molar refractivity (Wildman–Crippen MR) is 103 cm³/mol. The summed E-state index contributed by atoms with van der Waals surface area (Å²) in [6.45, 7) is 6.11. The highest BCUT2D eigenvalue weighted by atomic mass is 32.1. The van der Waals surface area contributed by atoms with Crippen LogP contribution in [0, 0.1) is 6.92 Å². The minimum absolute atomic E-state index is 0.0205. The minimum Gasteiger partial charge on any atom is -0.497 e. The summed E-state index contributed by atoms with van der Waals surface area (Å²) in [5, 5.41) is 5.25. The van der Waals surface area contributed by atoms with Crippen LogP contribution in [0.4, 0.5) is 0 Å². The summed E-state index contributed by atoms with van der Waals surface area (Å²) >= 11 is 1.72. The smallest absolute Gasteiger partial charge is 0.289 e. The second-order valence-electron chi connectivity index (χ2n) is 6.62. The number of nitrogens with zero attached hydrogens (tertiary/aromatic N) is 2. The molecule has 6 heteroatoms. The lowest BCUT2D eigenvalue weighted by Gasteiger charge is -2.34. The first-order chi connectivity index (χ1) is 12.7. The number of methoxy groups -OCH3 is 1. The molecule has 0 radical (unpaired) electrons. The lowest BCUT2D eigenvalue weighted by atomic mass is 10.1. The van der Waals surface area contributed by atoms with Crippen LogP contribution in [0.15, 0.2) is 39.4 Å². The number of ether oxygens (including phenoxy) is 1. The number of rotatable bonds is 4. The first kappa shape index (κ1) is 17.1. The van der Waals surface area contributed by atoms with Crippen LogP contribution in [0.3, 0.4) is 0 Å². The third-order valence-electron chi connectivity index (χ3n) is 4.99. The van der Waals surface area contributed by atoms with Crippen molar-refractivity contribution in [3.05, 3.63) is 51.9 Å². The number of benzene rings is 1. The van der Waals surface area contributed by atoms with Gasteiger partial charge in [0.2, 0.25) is 0 Å². The number of hydrogen-bond acceptors (Lipinski definition) is 5. The van der Waals surface area contributed by atoms with Crippen LogP contribution in [-0.2, 0) is 6.54 Å². The quantitative estimate of drug-likeness (QED) is 0.701. The summed E-state index contributed by atoms with van der Waals surface area (Å²) in [4.78, 5) is 17.2. The highest BCUT2D eigenvalue weighted by molar-refractivity contribution is 7.07. The number of furan rings is 1. The average Bonchev–Trinajstić information content (AvgIpc) is 3.29. The van der Waals surface area contributed by atoms with Crippen LogP contribution in [0.25, 0.3) is 11.0 Å². The first-order valence-corrected chi connectivity index (χ1v) is 9.70. The van der Waals surface area contributed by atoms with Gasteiger partial charge in [-0.25, -0.2) is 0 Å². The van der Waals surface area contributed by atoms with E-state index in [2.05, 4.69) is 21.7 Å². The van der Waals surface area contributed by atoms with Gasteiger partial charge in [0, 0.05) is 49.7 Å². The number of aryl methyl sites for hydroxylation is 1. The van der Waals surface area contributed by atoms with Gasteiger partial charge in [-0.05, 0) is 41.4 Å². The van der Waals surface area contributed by atoms with Crippen LogP contribution < -0.4 is 4.74 Å². The molecule has 1 fully saturated rings. The van der Waals surface area contributed by atoms with Crippen molar-refractivity contribution in [1.29, 1.82) is 0 Å². The van der Waals surface area contributed by atoms with Crippen LogP contribution >= 0.6 is 11.3 Å². The molecule has 0 unspecified atom stereocenters. The average molecular weight is 370 g/mol. The van der Waals surface area contributed by atoms with Crippen LogP contribution in [-0.4, -0.2) is 49.0 Å². The molecule has 0 bridgehead atoms. The van der Waals surface area contributed by atoms with Gasteiger partial charge in [0.05, 0.1) is 7.11 Å². The standard InChI is InChI=1S/C20H22N2O3S/c1-14-17-4-3-16(24-2)11-18(17)25-19(14)20(23)22-8-6-21(7-9-22)12-15-5-10-26-13-15/h3-5,10-11,13H,6-9,12H2,1-2H3. The second-order valence-corrected chi connectivity index (χ2v) is 7.40. The molecule has 2 aromatic heterocycles. The molecule has 0 aliphatic carbocycles. The molecule has 3 aromatic rings. The zero-order valence-corrected chi connectivity index (χ0v) is 15.8. The van der Waals surface area contributed by atoms with Gasteiger partial charge in [-0.2, -0.15) is 11.3 Å². The molecular weight excluding hydrogens is 348 g/mol. The van der Waals surface area contributed by atoms with Crippen molar-refractivity contribution in [2.24, 2.45) is 0 Å². The Bertz CT molecular complexity index is 909. The van der Waals surface area contributed by atoms with Crippen molar-refractivity contribution in [3.63, 3.8) is 0 Å². The molecule has 4 rings (SSSR count). The zero-order valence-electron chi connectivity index (χ0n) is 15.0. The fourth-order valence-corrected chi connectivity index (χ4v) is 4.09. The molecule has 1 aromatic carbocycles. The molecule has 5 nitrogen and oxygen atoms in total. The van der Waals surface area contributed by atoms with E-state index in [1.165, 1.54) is 5.56 Å². The lowest BCUT2D eigenvalue weighted by Crippen LogP contribution is -2.48. The maximum absolute atomic E-state index is 13.0. The van der Waals surface area contributed by atoms with E-state index in [1.54, 1.807) is 18.4 Å². The lowest BCUT2D eigenvalue weighted by molar-refractivity contribution is 0.0599. The van der Waals surface area contributed by atoms with Crippen molar-refractivity contribution in [2.75, 3.05) is 33.3 Å².